The topological polar surface area (TPSA) is 88.3 Å². The highest BCUT2D eigenvalue weighted by atomic mass is 19.4. The molecule has 0 bridgehead atoms. The van der Waals surface area contributed by atoms with Crippen molar-refractivity contribution in [1.82, 2.24) is 19.7 Å². The second kappa shape index (κ2) is 6.77. The molecule has 1 fully saturated rings. The normalized spacial score (nSPS) is 15.9. The van der Waals surface area contributed by atoms with E-state index < -0.39 is 17.8 Å². The van der Waals surface area contributed by atoms with E-state index in [4.69, 9.17) is 5.11 Å². The van der Waals surface area contributed by atoms with Gasteiger partial charge >= 0.3 is 12.1 Å². The molecule has 1 aliphatic rings. The lowest BCUT2D eigenvalue weighted by Crippen LogP contribution is -2.39. The first kappa shape index (κ1) is 17.9. The molecule has 3 heterocycles. The summed E-state index contributed by atoms with van der Waals surface area (Å²) in [6.07, 6.45) is -1.01. The van der Waals surface area contributed by atoms with Crippen LogP contribution in [-0.2, 0) is 6.18 Å². The van der Waals surface area contributed by atoms with Crippen LogP contribution < -0.4 is 0 Å². The van der Waals surface area contributed by atoms with Gasteiger partial charge in [0.2, 0.25) is 0 Å². The molecule has 1 saturated heterocycles. The van der Waals surface area contributed by atoms with Crippen molar-refractivity contribution in [2.75, 3.05) is 13.1 Å². The number of pyridine rings is 1. The fourth-order valence-electron chi connectivity index (χ4n) is 2.89. The molecule has 0 spiro atoms. The van der Waals surface area contributed by atoms with Crippen molar-refractivity contribution < 1.29 is 27.9 Å². The Morgan fingerprint density at radius 3 is 2.46 bits per heavy atom. The van der Waals surface area contributed by atoms with Crippen molar-refractivity contribution in [3.63, 3.8) is 0 Å². The zero-order valence-electron chi connectivity index (χ0n) is 13.5. The molecule has 1 N–H and O–H groups in total. The number of hydrogen-bond donors (Lipinski definition) is 1. The number of hydrogen-bond acceptors (Lipinski definition) is 4. The van der Waals surface area contributed by atoms with E-state index in [-0.39, 0.29) is 23.2 Å². The van der Waals surface area contributed by atoms with Crippen LogP contribution in [0.1, 0.15) is 45.4 Å². The van der Waals surface area contributed by atoms with Crippen LogP contribution in [-0.4, -0.2) is 49.7 Å². The van der Waals surface area contributed by atoms with Gasteiger partial charge in [0, 0.05) is 31.0 Å². The molecule has 0 aliphatic carbocycles. The number of carbonyl (C=O) groups excluding carboxylic acids is 1. The highest BCUT2D eigenvalue weighted by Gasteiger charge is 2.34. The van der Waals surface area contributed by atoms with Crippen LogP contribution in [0.25, 0.3) is 0 Å². The lowest BCUT2D eigenvalue weighted by molar-refractivity contribution is -0.141. The molecule has 7 nitrogen and oxygen atoms in total. The summed E-state index contributed by atoms with van der Waals surface area (Å²) in [6.45, 7) is 0.685. The fraction of sp³-hybridized carbons (Fsp3) is 0.375. The Labute approximate surface area is 146 Å². The van der Waals surface area contributed by atoms with Gasteiger partial charge in [0.15, 0.2) is 5.69 Å². The van der Waals surface area contributed by atoms with Gasteiger partial charge in [-0.2, -0.15) is 18.3 Å². The summed E-state index contributed by atoms with van der Waals surface area (Å²) in [7, 11) is 0. The standard InChI is InChI=1S/C16H15F3N4O3/c17-16(18,19)13-4-8-23(21-13)11-2-6-22(7-3-11)14(24)10-1-5-20-12(9-10)15(25)26/h1,4-5,8-9,11H,2-3,6-7H2,(H,25,26). The van der Waals surface area contributed by atoms with Crippen molar-refractivity contribution in [2.45, 2.75) is 25.1 Å². The average Bonchev–Trinajstić information content (AvgIpc) is 3.12. The first-order chi connectivity index (χ1) is 12.3. The largest absolute Gasteiger partial charge is 0.477 e. The summed E-state index contributed by atoms with van der Waals surface area (Å²) in [5, 5.41) is 12.5. The number of nitrogens with zero attached hydrogens (tertiary/aromatic N) is 4. The van der Waals surface area contributed by atoms with E-state index in [0.29, 0.717) is 25.9 Å². The zero-order chi connectivity index (χ0) is 18.9. The highest BCUT2D eigenvalue weighted by Crippen LogP contribution is 2.29. The number of halogens is 3. The summed E-state index contributed by atoms with van der Waals surface area (Å²) in [4.78, 5) is 28.6. The monoisotopic (exact) mass is 368 g/mol. The second-order valence-corrected chi connectivity index (χ2v) is 5.94. The van der Waals surface area contributed by atoms with E-state index in [2.05, 4.69) is 10.1 Å². The van der Waals surface area contributed by atoms with E-state index in [1.54, 1.807) is 4.90 Å². The molecule has 2 aromatic heterocycles. The Kier molecular flexibility index (Phi) is 4.66. The van der Waals surface area contributed by atoms with Crippen LogP contribution in [0.2, 0.25) is 0 Å². The Balaban J connectivity index is 1.65. The third kappa shape index (κ3) is 3.68. The first-order valence-corrected chi connectivity index (χ1v) is 7.86. The van der Waals surface area contributed by atoms with Gasteiger partial charge in [0.25, 0.3) is 5.91 Å². The number of aromatic carboxylic acids is 1. The van der Waals surface area contributed by atoms with Gasteiger partial charge in [-0.15, -0.1) is 0 Å². The van der Waals surface area contributed by atoms with Crippen LogP contribution in [0.5, 0.6) is 0 Å². The minimum absolute atomic E-state index is 0.217. The maximum Gasteiger partial charge on any atom is 0.435 e. The van der Waals surface area contributed by atoms with Crippen LogP contribution in [0.15, 0.2) is 30.6 Å². The predicted octanol–water partition coefficient (Wildman–Crippen LogP) is 2.47. The molecule has 0 unspecified atom stereocenters. The van der Waals surface area contributed by atoms with Crippen LogP contribution >= 0.6 is 0 Å². The lowest BCUT2D eigenvalue weighted by Gasteiger charge is -2.32. The van der Waals surface area contributed by atoms with E-state index in [9.17, 15) is 22.8 Å². The minimum Gasteiger partial charge on any atom is -0.477 e. The first-order valence-electron chi connectivity index (χ1n) is 7.86. The van der Waals surface area contributed by atoms with Gasteiger partial charge in [-0.05, 0) is 31.0 Å². The Hall–Kier alpha value is -2.91. The smallest absolute Gasteiger partial charge is 0.435 e. The average molecular weight is 368 g/mol. The zero-order valence-corrected chi connectivity index (χ0v) is 13.5. The van der Waals surface area contributed by atoms with Crippen molar-refractivity contribution in [3.05, 3.63) is 47.5 Å². The summed E-state index contributed by atoms with van der Waals surface area (Å²) in [6, 6.07) is 3.35. The molecule has 0 atom stereocenters. The quantitative estimate of drug-likeness (QED) is 0.899. The van der Waals surface area contributed by atoms with Crippen molar-refractivity contribution >= 4 is 11.9 Å². The third-order valence-corrected chi connectivity index (χ3v) is 4.25. The van der Waals surface area contributed by atoms with Crippen LogP contribution in [0.3, 0.4) is 0 Å². The molecule has 0 aromatic carbocycles. The third-order valence-electron chi connectivity index (χ3n) is 4.25. The fourth-order valence-corrected chi connectivity index (χ4v) is 2.89. The lowest BCUT2D eigenvalue weighted by atomic mass is 10.0. The number of aromatic nitrogens is 3. The Morgan fingerprint density at radius 2 is 1.88 bits per heavy atom. The van der Waals surface area contributed by atoms with Gasteiger partial charge in [0.1, 0.15) is 5.69 Å². The summed E-state index contributed by atoms with van der Waals surface area (Å²) in [5.74, 6) is -1.55. The van der Waals surface area contributed by atoms with E-state index in [1.165, 1.54) is 29.2 Å². The van der Waals surface area contributed by atoms with Gasteiger partial charge in [-0.3, -0.25) is 9.48 Å². The van der Waals surface area contributed by atoms with Crippen molar-refractivity contribution in [1.29, 1.82) is 0 Å². The van der Waals surface area contributed by atoms with Crippen molar-refractivity contribution in [2.24, 2.45) is 0 Å². The van der Waals surface area contributed by atoms with Gasteiger partial charge in [-0.1, -0.05) is 0 Å². The van der Waals surface area contributed by atoms with E-state index >= 15 is 0 Å². The second-order valence-electron chi connectivity index (χ2n) is 5.94. The number of amides is 1. The number of rotatable bonds is 3. The molecule has 10 heteroatoms. The molecular weight excluding hydrogens is 353 g/mol. The number of piperidine rings is 1. The number of likely N-dealkylation sites (tertiary alicyclic amines) is 1. The molecule has 138 valence electrons. The number of carboxylic acids is 1. The number of alkyl halides is 3. The molecule has 0 saturated carbocycles. The molecule has 3 rings (SSSR count). The summed E-state index contributed by atoms with van der Waals surface area (Å²) < 4.78 is 39.2. The van der Waals surface area contributed by atoms with Gasteiger partial charge in [-0.25, -0.2) is 9.78 Å². The maximum atomic E-state index is 12.6. The number of carbonyl (C=O) groups is 2. The minimum atomic E-state index is -4.48. The summed E-state index contributed by atoms with van der Waals surface area (Å²) in [5.41, 5.74) is -0.940. The predicted molar refractivity (Wildman–Crippen MR) is 82.6 cm³/mol. The number of carboxylic acid groups (broad SMARTS) is 1. The maximum absolute atomic E-state index is 12.6. The molecule has 2 aromatic rings. The molecule has 1 aliphatic heterocycles. The van der Waals surface area contributed by atoms with E-state index in [1.807, 2.05) is 0 Å². The van der Waals surface area contributed by atoms with Crippen molar-refractivity contribution in [3.8, 4) is 0 Å². The molecule has 0 radical (unpaired) electrons. The van der Waals surface area contributed by atoms with Gasteiger partial charge in [0.05, 0.1) is 6.04 Å². The van der Waals surface area contributed by atoms with Gasteiger partial charge < -0.3 is 10.0 Å². The molecule has 26 heavy (non-hydrogen) atoms. The van der Waals surface area contributed by atoms with Crippen LogP contribution in [0, 0.1) is 0 Å². The van der Waals surface area contributed by atoms with Crippen LogP contribution in [0.4, 0.5) is 13.2 Å². The summed E-state index contributed by atoms with van der Waals surface area (Å²) >= 11 is 0. The Bertz CT molecular complexity index is 826. The molecular formula is C16H15F3N4O3. The highest BCUT2D eigenvalue weighted by molar-refractivity contribution is 5.96. The SMILES string of the molecule is O=C(O)c1cc(C(=O)N2CCC(n3ccc(C(F)(F)F)n3)CC2)ccn1. The van der Waals surface area contributed by atoms with E-state index in [0.717, 1.165) is 6.07 Å². The Morgan fingerprint density at radius 1 is 1.19 bits per heavy atom. The molecule has 1 amide bonds.